The molecule has 0 radical (unpaired) electrons. The third-order valence-corrected chi connectivity index (χ3v) is 6.36. The van der Waals surface area contributed by atoms with Crippen LogP contribution in [0.5, 0.6) is 5.75 Å². The van der Waals surface area contributed by atoms with Gasteiger partial charge in [-0.1, -0.05) is 18.2 Å². The third-order valence-electron chi connectivity index (χ3n) is 6.03. The molecule has 2 aromatic carbocycles. The van der Waals surface area contributed by atoms with Crippen LogP contribution in [0, 0.1) is 4.77 Å². The molecule has 1 aliphatic heterocycles. The molecule has 9 heteroatoms. The first-order valence-electron chi connectivity index (χ1n) is 11.3. The van der Waals surface area contributed by atoms with Crippen LogP contribution < -0.4 is 10.1 Å². The Morgan fingerprint density at radius 2 is 2.03 bits per heavy atom. The number of fused-ring (bicyclic) bond motifs is 2. The van der Waals surface area contributed by atoms with E-state index >= 15 is 0 Å². The monoisotopic (exact) mass is 464 g/mol. The average molecular weight is 465 g/mol. The second kappa shape index (κ2) is 9.86. The van der Waals surface area contributed by atoms with E-state index in [1.54, 1.807) is 6.33 Å². The number of anilines is 1. The van der Waals surface area contributed by atoms with Gasteiger partial charge < -0.3 is 24.3 Å². The van der Waals surface area contributed by atoms with Crippen molar-refractivity contribution in [1.82, 2.24) is 24.4 Å². The predicted octanol–water partition coefficient (Wildman–Crippen LogP) is 3.99. The fourth-order valence-electron chi connectivity index (χ4n) is 4.24. The van der Waals surface area contributed by atoms with E-state index < -0.39 is 0 Å². The van der Waals surface area contributed by atoms with Crippen LogP contribution in [0.2, 0.25) is 0 Å². The molecule has 8 nitrogen and oxygen atoms in total. The van der Waals surface area contributed by atoms with Crippen LogP contribution in [-0.4, -0.2) is 63.9 Å². The Hall–Kier alpha value is -3.01. The normalized spacial score (nSPS) is 14.7. The number of aromatic amines is 1. The number of H-pyrrole nitrogens is 1. The number of ether oxygens (including phenoxy) is 2. The standard InChI is InChI=1S/C24H28N6O2S/c1-2-30-21-14-19-18(13-20(21)28-24(30)33)23(27-16-26-19)25-15-17-5-3-4-6-22(17)32-12-9-29-7-10-31-11-8-29/h3-6,13-14,16H,2,7-12,15H2,1H3,(H,28,33)(H,25,26,27). The van der Waals surface area contributed by atoms with E-state index in [2.05, 4.69) is 54.9 Å². The molecule has 2 N–H and O–H groups in total. The highest BCUT2D eigenvalue weighted by molar-refractivity contribution is 7.71. The molecule has 0 spiro atoms. The van der Waals surface area contributed by atoms with Crippen LogP contribution in [-0.2, 0) is 17.8 Å². The third kappa shape index (κ3) is 4.71. The summed E-state index contributed by atoms with van der Waals surface area (Å²) in [6.07, 6.45) is 1.60. The maximum Gasteiger partial charge on any atom is 0.178 e. The molecular weight excluding hydrogens is 436 g/mol. The van der Waals surface area contributed by atoms with Crippen molar-refractivity contribution in [1.29, 1.82) is 0 Å². The molecule has 3 heterocycles. The van der Waals surface area contributed by atoms with Crippen molar-refractivity contribution in [3.63, 3.8) is 0 Å². The number of hydrogen-bond acceptors (Lipinski definition) is 7. The van der Waals surface area contributed by atoms with Gasteiger partial charge in [-0.05, 0) is 37.3 Å². The first-order chi connectivity index (χ1) is 16.2. The van der Waals surface area contributed by atoms with Gasteiger partial charge in [0.1, 0.15) is 24.5 Å². The lowest BCUT2D eigenvalue weighted by Crippen LogP contribution is -2.38. The lowest BCUT2D eigenvalue weighted by atomic mass is 10.1. The number of morpholine rings is 1. The van der Waals surface area contributed by atoms with E-state index in [1.165, 1.54) is 0 Å². The number of benzene rings is 2. The Kier molecular flexibility index (Phi) is 6.52. The Morgan fingerprint density at radius 1 is 1.18 bits per heavy atom. The molecule has 4 aromatic rings. The number of aromatic nitrogens is 4. The molecule has 172 valence electrons. The number of aryl methyl sites for hydroxylation is 1. The molecule has 1 aliphatic rings. The van der Waals surface area contributed by atoms with Gasteiger partial charge >= 0.3 is 0 Å². The molecule has 0 atom stereocenters. The van der Waals surface area contributed by atoms with Crippen LogP contribution in [0.15, 0.2) is 42.7 Å². The van der Waals surface area contributed by atoms with Crippen molar-refractivity contribution in [3.8, 4) is 5.75 Å². The fourth-order valence-corrected chi connectivity index (χ4v) is 4.58. The van der Waals surface area contributed by atoms with Gasteiger partial charge in [-0.2, -0.15) is 0 Å². The molecule has 0 bridgehead atoms. The predicted molar refractivity (Wildman–Crippen MR) is 132 cm³/mol. The van der Waals surface area contributed by atoms with E-state index in [0.717, 1.165) is 78.5 Å². The molecule has 5 rings (SSSR count). The molecular formula is C24H28N6O2S. The van der Waals surface area contributed by atoms with Crippen LogP contribution >= 0.6 is 12.2 Å². The molecule has 33 heavy (non-hydrogen) atoms. The SMILES string of the molecule is CCn1c(=S)[nH]c2cc3c(NCc4ccccc4OCCN4CCOCC4)ncnc3cc21. The van der Waals surface area contributed by atoms with Crippen LogP contribution in [0.25, 0.3) is 21.9 Å². The molecule has 0 amide bonds. The summed E-state index contributed by atoms with van der Waals surface area (Å²) < 4.78 is 14.3. The van der Waals surface area contributed by atoms with Gasteiger partial charge in [-0.15, -0.1) is 0 Å². The zero-order valence-corrected chi connectivity index (χ0v) is 19.5. The van der Waals surface area contributed by atoms with Crippen molar-refractivity contribution in [2.75, 3.05) is 44.8 Å². The van der Waals surface area contributed by atoms with Crippen LogP contribution in [0.4, 0.5) is 5.82 Å². The van der Waals surface area contributed by atoms with Gasteiger partial charge in [-0.25, -0.2) is 9.97 Å². The summed E-state index contributed by atoms with van der Waals surface area (Å²) in [7, 11) is 0. The summed E-state index contributed by atoms with van der Waals surface area (Å²) in [6, 6.07) is 12.3. The van der Waals surface area contributed by atoms with Gasteiger partial charge in [0.2, 0.25) is 0 Å². The van der Waals surface area contributed by atoms with Crippen molar-refractivity contribution in [3.05, 3.63) is 53.1 Å². The van der Waals surface area contributed by atoms with Crippen LogP contribution in [0.1, 0.15) is 12.5 Å². The van der Waals surface area contributed by atoms with Crippen molar-refractivity contribution < 1.29 is 9.47 Å². The minimum atomic E-state index is 0.601. The van der Waals surface area contributed by atoms with Gasteiger partial charge in [0.15, 0.2) is 4.77 Å². The highest BCUT2D eigenvalue weighted by atomic mass is 32.1. The summed E-state index contributed by atoms with van der Waals surface area (Å²) in [5.41, 5.74) is 4.01. The Labute approximate surface area is 197 Å². The highest BCUT2D eigenvalue weighted by Gasteiger charge is 2.12. The molecule has 0 unspecified atom stereocenters. The summed E-state index contributed by atoms with van der Waals surface area (Å²) in [6.45, 7) is 8.57. The zero-order chi connectivity index (χ0) is 22.6. The van der Waals surface area contributed by atoms with Crippen molar-refractivity contribution in [2.45, 2.75) is 20.0 Å². The first kappa shape index (κ1) is 21.8. The lowest BCUT2D eigenvalue weighted by Gasteiger charge is -2.26. The van der Waals surface area contributed by atoms with E-state index in [9.17, 15) is 0 Å². The minimum absolute atomic E-state index is 0.601. The fraction of sp³-hybridized carbons (Fsp3) is 0.375. The minimum Gasteiger partial charge on any atom is -0.492 e. The first-order valence-corrected chi connectivity index (χ1v) is 11.8. The Bertz CT molecular complexity index is 1310. The molecule has 1 saturated heterocycles. The van der Waals surface area contributed by atoms with Gasteiger partial charge in [-0.3, -0.25) is 4.90 Å². The number of imidazole rings is 1. The summed E-state index contributed by atoms with van der Waals surface area (Å²) in [5, 5.41) is 4.43. The topological polar surface area (TPSA) is 80.2 Å². The van der Waals surface area contributed by atoms with Crippen LogP contribution in [0.3, 0.4) is 0 Å². The molecule has 0 aliphatic carbocycles. The smallest absolute Gasteiger partial charge is 0.178 e. The van der Waals surface area contributed by atoms with Gasteiger partial charge in [0, 0.05) is 43.7 Å². The highest BCUT2D eigenvalue weighted by Crippen LogP contribution is 2.27. The summed E-state index contributed by atoms with van der Waals surface area (Å²) >= 11 is 5.46. The van der Waals surface area contributed by atoms with E-state index in [4.69, 9.17) is 21.7 Å². The number of nitrogens with zero attached hydrogens (tertiary/aromatic N) is 4. The molecule has 2 aromatic heterocycles. The Balaban J connectivity index is 1.32. The average Bonchev–Trinajstić information content (AvgIpc) is 3.16. The molecule has 0 saturated carbocycles. The number of para-hydroxylation sites is 1. The van der Waals surface area contributed by atoms with E-state index in [-0.39, 0.29) is 0 Å². The quantitative estimate of drug-likeness (QED) is 0.382. The lowest BCUT2D eigenvalue weighted by molar-refractivity contribution is 0.0322. The number of rotatable bonds is 8. The van der Waals surface area contributed by atoms with Crippen molar-refractivity contribution >= 4 is 40.0 Å². The summed E-state index contributed by atoms with van der Waals surface area (Å²) in [4.78, 5) is 14.6. The van der Waals surface area contributed by atoms with Crippen molar-refractivity contribution in [2.24, 2.45) is 0 Å². The largest absolute Gasteiger partial charge is 0.492 e. The van der Waals surface area contributed by atoms with E-state index in [0.29, 0.717) is 17.9 Å². The number of nitrogens with one attached hydrogen (secondary N) is 2. The van der Waals surface area contributed by atoms with E-state index in [1.807, 2.05) is 18.2 Å². The Morgan fingerprint density at radius 3 is 2.88 bits per heavy atom. The molecule has 1 fully saturated rings. The second-order valence-corrected chi connectivity index (χ2v) is 8.43. The second-order valence-electron chi connectivity index (χ2n) is 8.05. The maximum absolute atomic E-state index is 6.13. The zero-order valence-electron chi connectivity index (χ0n) is 18.7. The summed E-state index contributed by atoms with van der Waals surface area (Å²) in [5.74, 6) is 1.68. The number of hydrogen-bond donors (Lipinski definition) is 2. The van der Waals surface area contributed by atoms with Gasteiger partial charge in [0.25, 0.3) is 0 Å². The van der Waals surface area contributed by atoms with Gasteiger partial charge in [0.05, 0.1) is 29.8 Å². The maximum atomic E-state index is 6.13.